The van der Waals surface area contributed by atoms with Crippen LogP contribution in [-0.4, -0.2) is 127 Å². The second kappa shape index (κ2) is 15.0. The zero-order chi connectivity index (χ0) is 28.6. The first-order valence-corrected chi connectivity index (χ1v) is 13.7. The fourth-order valence-corrected chi connectivity index (χ4v) is 5.24. The van der Waals surface area contributed by atoms with E-state index in [1.54, 1.807) is 14.0 Å². The number of carbonyl (C=O) groups is 1. The normalized spacial score (nSPS) is 39.1. The highest BCUT2D eigenvalue weighted by molar-refractivity contribution is 5.76. The van der Waals surface area contributed by atoms with Crippen LogP contribution in [0.2, 0.25) is 0 Å². The van der Waals surface area contributed by atoms with E-state index in [9.17, 15) is 20.1 Å². The van der Waals surface area contributed by atoms with Gasteiger partial charge in [0.2, 0.25) is 12.2 Å². The maximum atomic E-state index is 12.5. The lowest BCUT2D eigenvalue weighted by atomic mass is 9.86. The van der Waals surface area contributed by atoms with Crippen LogP contribution in [0.5, 0.6) is 0 Å². The first-order chi connectivity index (χ1) is 18.6. The van der Waals surface area contributed by atoms with Crippen LogP contribution in [0.1, 0.15) is 39.0 Å². The van der Waals surface area contributed by atoms with Crippen molar-refractivity contribution in [2.45, 2.75) is 99.8 Å². The summed E-state index contributed by atoms with van der Waals surface area (Å²) < 4.78 is 23.8. The van der Waals surface area contributed by atoms with E-state index in [-0.39, 0.29) is 25.5 Å². The molecule has 1 aliphatic carbocycles. The van der Waals surface area contributed by atoms with Crippen molar-refractivity contribution >= 4 is 5.91 Å². The first kappa shape index (κ1) is 32.1. The summed E-state index contributed by atoms with van der Waals surface area (Å²) in [7, 11) is 1.61. The molecule has 1 saturated heterocycles. The molecule has 226 valence electrons. The minimum Gasteiger partial charge on any atom is -0.467 e. The van der Waals surface area contributed by atoms with Crippen LogP contribution in [0, 0.1) is 0 Å². The zero-order valence-electron chi connectivity index (χ0n) is 22.8. The number of carbonyl (C=O) groups excluding carboxylic acids is 1. The molecule has 0 bridgehead atoms. The summed E-state index contributed by atoms with van der Waals surface area (Å²) in [6.45, 7) is 2.62. The van der Waals surface area contributed by atoms with Gasteiger partial charge < -0.3 is 66.8 Å². The number of nitrogens with one attached hydrogen (secondary N) is 3. The molecule has 39 heavy (non-hydrogen) atoms. The minimum atomic E-state index is -1.34. The molecule has 0 unspecified atom stereocenters. The Morgan fingerprint density at radius 3 is 2.69 bits per heavy atom. The van der Waals surface area contributed by atoms with E-state index in [0.717, 1.165) is 0 Å². The zero-order valence-corrected chi connectivity index (χ0v) is 22.8. The van der Waals surface area contributed by atoms with Crippen molar-refractivity contribution in [3.05, 3.63) is 11.8 Å². The Kier molecular flexibility index (Phi) is 12.3. The average Bonchev–Trinajstić information content (AvgIpc) is 2.89. The largest absolute Gasteiger partial charge is 0.467 e. The number of ether oxygens (including phenoxy) is 4. The number of aliphatic hydroxyl groups is 4. The Labute approximate surface area is 229 Å². The van der Waals surface area contributed by atoms with E-state index < -0.39 is 60.7 Å². The molecule has 2 fully saturated rings. The standard InChI is InChI=1S/C25H47N5O9/c1-25(35)13-36-24(20(34)22(25)28-2)39-21-16(30-18(32)4-3-9-26)7-8-17(19(21)33)38-23-15(27)6-5-14(37-23)12-29-10-11-31/h5,15-17,19-24,28-29,31,33-35H,3-4,6-13,26-27H2,1-2H3,(H,30,32)/t15-,16-,17-,19+,20-,21+,22-,23-,24-,25+/m1/s1. The van der Waals surface area contributed by atoms with Crippen molar-refractivity contribution in [2.75, 3.05) is 39.9 Å². The van der Waals surface area contributed by atoms with Crippen molar-refractivity contribution < 1.29 is 44.2 Å². The van der Waals surface area contributed by atoms with E-state index in [4.69, 9.17) is 35.5 Å². The van der Waals surface area contributed by atoms with Gasteiger partial charge in [0, 0.05) is 13.0 Å². The Hall–Kier alpha value is -1.43. The average molecular weight is 562 g/mol. The molecule has 0 spiro atoms. The molecule has 0 aromatic carbocycles. The van der Waals surface area contributed by atoms with Crippen LogP contribution in [-0.2, 0) is 23.7 Å². The molecule has 0 aromatic rings. The van der Waals surface area contributed by atoms with Crippen molar-refractivity contribution in [1.82, 2.24) is 16.0 Å². The van der Waals surface area contributed by atoms with Crippen molar-refractivity contribution in [3.63, 3.8) is 0 Å². The minimum absolute atomic E-state index is 0.00167. The molecule has 0 aromatic heterocycles. The highest BCUT2D eigenvalue weighted by atomic mass is 16.7. The van der Waals surface area contributed by atoms with Crippen molar-refractivity contribution in [1.29, 1.82) is 0 Å². The van der Waals surface area contributed by atoms with Gasteiger partial charge in [-0.05, 0) is 52.3 Å². The molecule has 11 N–H and O–H groups in total. The number of amides is 1. The van der Waals surface area contributed by atoms with Crippen LogP contribution in [0.25, 0.3) is 0 Å². The lowest BCUT2D eigenvalue weighted by Crippen LogP contribution is -2.67. The van der Waals surface area contributed by atoms with E-state index in [1.165, 1.54) is 0 Å². The molecule has 3 rings (SSSR count). The molecule has 1 saturated carbocycles. The summed E-state index contributed by atoms with van der Waals surface area (Å²) in [6.07, 6.45) is -2.28. The fraction of sp³-hybridized carbons (Fsp3) is 0.880. The Bertz CT molecular complexity index is 804. The number of hydrogen-bond donors (Lipinski definition) is 9. The third-order valence-corrected chi connectivity index (χ3v) is 7.39. The lowest BCUT2D eigenvalue weighted by molar-refractivity contribution is -0.303. The highest BCUT2D eigenvalue weighted by Crippen LogP contribution is 2.32. The van der Waals surface area contributed by atoms with Crippen LogP contribution < -0.4 is 27.4 Å². The second-order valence-corrected chi connectivity index (χ2v) is 10.7. The van der Waals surface area contributed by atoms with Crippen molar-refractivity contribution in [3.8, 4) is 0 Å². The smallest absolute Gasteiger partial charge is 0.220 e. The summed E-state index contributed by atoms with van der Waals surface area (Å²) in [5.74, 6) is 0.400. The van der Waals surface area contributed by atoms with Gasteiger partial charge in [-0.3, -0.25) is 4.79 Å². The number of likely N-dealkylation sites (N-methyl/N-ethyl adjacent to an activating group) is 1. The summed E-state index contributed by atoms with van der Waals surface area (Å²) in [4.78, 5) is 12.5. The van der Waals surface area contributed by atoms with Gasteiger partial charge in [-0.2, -0.15) is 0 Å². The van der Waals surface area contributed by atoms with Gasteiger partial charge in [-0.1, -0.05) is 0 Å². The molecular formula is C25H47N5O9. The number of hydrogen-bond acceptors (Lipinski definition) is 13. The fourth-order valence-electron chi connectivity index (χ4n) is 5.24. The van der Waals surface area contributed by atoms with E-state index >= 15 is 0 Å². The van der Waals surface area contributed by atoms with Crippen LogP contribution in [0.4, 0.5) is 0 Å². The second-order valence-electron chi connectivity index (χ2n) is 10.7. The summed E-state index contributed by atoms with van der Waals surface area (Å²) in [5.41, 5.74) is 10.4. The lowest BCUT2D eigenvalue weighted by Gasteiger charge is -2.47. The summed E-state index contributed by atoms with van der Waals surface area (Å²) >= 11 is 0. The van der Waals surface area contributed by atoms with Gasteiger partial charge in [-0.15, -0.1) is 0 Å². The van der Waals surface area contributed by atoms with E-state index in [1.807, 2.05) is 6.08 Å². The van der Waals surface area contributed by atoms with Crippen molar-refractivity contribution in [2.24, 2.45) is 11.5 Å². The maximum Gasteiger partial charge on any atom is 0.220 e. The quantitative estimate of drug-likeness (QED) is 0.101. The topological polar surface area (TPSA) is 223 Å². The van der Waals surface area contributed by atoms with Gasteiger partial charge >= 0.3 is 0 Å². The van der Waals surface area contributed by atoms with Gasteiger partial charge in [0.05, 0.1) is 44.0 Å². The van der Waals surface area contributed by atoms with E-state index in [0.29, 0.717) is 51.1 Å². The monoisotopic (exact) mass is 561 g/mol. The molecule has 1 amide bonds. The van der Waals surface area contributed by atoms with Crippen LogP contribution in [0.3, 0.4) is 0 Å². The SMILES string of the molecule is CN[C@@H]1[C@@H](O)[C@@H](O[C@@H]2[C@@H](O)[C@H](O[C@H]3OC(CNCCO)=CC[C@H]3N)CC[C@H]2NC(=O)CCCN)OC[C@]1(C)O. The predicted molar refractivity (Wildman–Crippen MR) is 140 cm³/mol. The van der Waals surface area contributed by atoms with Gasteiger partial charge in [-0.25, -0.2) is 0 Å². The number of aliphatic hydroxyl groups excluding tert-OH is 3. The number of rotatable bonds is 13. The third kappa shape index (κ3) is 8.53. The molecule has 2 heterocycles. The molecule has 14 heteroatoms. The Balaban J connectivity index is 1.71. The first-order valence-electron chi connectivity index (χ1n) is 13.7. The molecule has 14 nitrogen and oxygen atoms in total. The Morgan fingerprint density at radius 1 is 1.23 bits per heavy atom. The summed E-state index contributed by atoms with van der Waals surface area (Å²) in [6, 6.07) is -1.80. The molecular weight excluding hydrogens is 514 g/mol. The van der Waals surface area contributed by atoms with Gasteiger partial charge in [0.1, 0.15) is 29.7 Å². The van der Waals surface area contributed by atoms with Gasteiger partial charge in [0.15, 0.2) is 6.29 Å². The molecule has 0 radical (unpaired) electrons. The predicted octanol–water partition coefficient (Wildman–Crippen LogP) is -3.27. The molecule has 2 aliphatic heterocycles. The van der Waals surface area contributed by atoms with Crippen LogP contribution >= 0.6 is 0 Å². The summed E-state index contributed by atoms with van der Waals surface area (Å²) in [5, 5.41) is 50.7. The molecule has 3 aliphatic rings. The van der Waals surface area contributed by atoms with Crippen LogP contribution in [0.15, 0.2) is 11.8 Å². The third-order valence-electron chi connectivity index (χ3n) is 7.39. The Morgan fingerprint density at radius 2 is 2.00 bits per heavy atom. The highest BCUT2D eigenvalue weighted by Gasteiger charge is 2.50. The van der Waals surface area contributed by atoms with E-state index in [2.05, 4.69) is 16.0 Å². The maximum absolute atomic E-state index is 12.5. The molecule has 10 atom stereocenters. The number of nitrogens with two attached hydrogens (primary N) is 2. The van der Waals surface area contributed by atoms with Gasteiger partial charge in [0.25, 0.3) is 0 Å².